The first-order valence-electron chi connectivity index (χ1n) is 9.67. The van der Waals surface area contributed by atoms with Crippen LogP contribution in [-0.2, 0) is 9.31 Å². The summed E-state index contributed by atoms with van der Waals surface area (Å²) in [5.41, 5.74) is 2.35. The maximum absolute atomic E-state index is 12.9. The minimum atomic E-state index is -0.390. The maximum Gasteiger partial charge on any atom is 0.494 e. The Morgan fingerprint density at radius 1 is 1.00 bits per heavy atom. The number of amides is 1. The van der Waals surface area contributed by atoms with Gasteiger partial charge in [-0.15, -0.1) is 0 Å². The molecule has 0 bridgehead atoms. The lowest BCUT2D eigenvalue weighted by Crippen LogP contribution is -2.41. The number of nitrogens with zero attached hydrogens (tertiary/aromatic N) is 1. The Bertz CT molecular complexity index is 685. The number of hydrogen-bond donors (Lipinski definition) is 0. The summed E-state index contributed by atoms with van der Waals surface area (Å²) in [7, 11) is -0.390. The molecule has 1 amide bonds. The Balaban J connectivity index is 1.75. The molecular formula is C21H32BNO3. The van der Waals surface area contributed by atoms with Gasteiger partial charge in [-0.05, 0) is 70.0 Å². The average molecular weight is 357 g/mol. The van der Waals surface area contributed by atoms with E-state index in [4.69, 9.17) is 9.31 Å². The highest BCUT2D eigenvalue weighted by molar-refractivity contribution is 6.62. The summed E-state index contributed by atoms with van der Waals surface area (Å²) < 4.78 is 12.3. The fraction of sp³-hybridized carbons (Fsp3) is 0.667. The van der Waals surface area contributed by atoms with Crippen LogP contribution in [0, 0.1) is 12.3 Å². The van der Waals surface area contributed by atoms with Crippen LogP contribution in [0.4, 0.5) is 0 Å². The third-order valence-electron chi connectivity index (χ3n) is 6.41. The zero-order chi connectivity index (χ0) is 19.3. The molecule has 142 valence electrons. The van der Waals surface area contributed by atoms with Crippen LogP contribution >= 0.6 is 0 Å². The zero-order valence-electron chi connectivity index (χ0n) is 17.3. The van der Waals surface area contributed by atoms with Gasteiger partial charge in [0.2, 0.25) is 0 Å². The third kappa shape index (κ3) is 3.56. The number of piperidine rings is 1. The fourth-order valence-electron chi connectivity index (χ4n) is 3.54. The summed E-state index contributed by atoms with van der Waals surface area (Å²) >= 11 is 0. The minimum absolute atomic E-state index is 0.137. The van der Waals surface area contributed by atoms with Gasteiger partial charge in [0.05, 0.1) is 11.2 Å². The Labute approximate surface area is 158 Å². The van der Waals surface area contributed by atoms with Gasteiger partial charge in [0.25, 0.3) is 5.91 Å². The van der Waals surface area contributed by atoms with Crippen LogP contribution < -0.4 is 5.46 Å². The van der Waals surface area contributed by atoms with Crippen LogP contribution in [0.25, 0.3) is 0 Å². The standard InChI is InChI=1S/C21H32BNO3/c1-15-14-16(22-25-20(4,5)21(6,7)26-22)8-9-17(15)18(24)23-12-10-19(2,3)11-13-23/h8-9,14H,10-13H2,1-7H3. The van der Waals surface area contributed by atoms with Crippen molar-refractivity contribution in [3.63, 3.8) is 0 Å². The normalized spacial score (nSPS) is 24.0. The Morgan fingerprint density at radius 2 is 1.54 bits per heavy atom. The molecule has 1 aromatic rings. The first-order valence-corrected chi connectivity index (χ1v) is 9.67. The zero-order valence-corrected chi connectivity index (χ0v) is 17.3. The molecule has 2 fully saturated rings. The van der Waals surface area contributed by atoms with E-state index < -0.39 is 7.12 Å². The minimum Gasteiger partial charge on any atom is -0.399 e. The van der Waals surface area contributed by atoms with Gasteiger partial charge in [-0.1, -0.05) is 26.0 Å². The molecule has 2 aliphatic rings. The van der Waals surface area contributed by atoms with Gasteiger partial charge in [0.15, 0.2) is 0 Å². The topological polar surface area (TPSA) is 38.8 Å². The first-order chi connectivity index (χ1) is 11.9. The summed E-state index contributed by atoms with van der Waals surface area (Å²) in [6, 6.07) is 5.93. The smallest absolute Gasteiger partial charge is 0.399 e. The van der Waals surface area contributed by atoms with Crippen molar-refractivity contribution in [1.82, 2.24) is 4.90 Å². The maximum atomic E-state index is 12.9. The van der Waals surface area contributed by atoms with E-state index in [1.165, 1.54) is 0 Å². The molecule has 0 spiro atoms. The molecule has 0 saturated carbocycles. The second-order valence-corrected chi connectivity index (χ2v) is 9.62. The second-order valence-electron chi connectivity index (χ2n) is 9.62. The highest BCUT2D eigenvalue weighted by atomic mass is 16.7. The molecule has 3 rings (SSSR count). The van der Waals surface area contributed by atoms with Gasteiger partial charge < -0.3 is 14.2 Å². The number of rotatable bonds is 2. The van der Waals surface area contributed by atoms with E-state index in [-0.39, 0.29) is 17.1 Å². The fourth-order valence-corrected chi connectivity index (χ4v) is 3.54. The Hall–Kier alpha value is -1.33. The molecule has 0 atom stereocenters. The van der Waals surface area contributed by atoms with Crippen molar-refractivity contribution in [3.8, 4) is 0 Å². The van der Waals surface area contributed by atoms with Crippen LogP contribution in [0.5, 0.6) is 0 Å². The lowest BCUT2D eigenvalue weighted by Gasteiger charge is -2.37. The molecule has 4 nitrogen and oxygen atoms in total. The van der Waals surface area contributed by atoms with E-state index in [1.54, 1.807) is 0 Å². The second kappa shape index (κ2) is 6.38. The molecule has 0 aliphatic carbocycles. The monoisotopic (exact) mass is 357 g/mol. The van der Waals surface area contributed by atoms with E-state index in [2.05, 4.69) is 41.5 Å². The van der Waals surface area contributed by atoms with Gasteiger partial charge in [0.1, 0.15) is 0 Å². The quantitative estimate of drug-likeness (QED) is 0.760. The SMILES string of the molecule is Cc1cc(B2OC(C)(C)C(C)(C)O2)ccc1C(=O)N1CCC(C)(C)CC1. The number of likely N-dealkylation sites (tertiary alicyclic amines) is 1. The van der Waals surface area contributed by atoms with E-state index in [0.717, 1.165) is 42.5 Å². The van der Waals surface area contributed by atoms with Crippen LogP contribution in [0.2, 0.25) is 0 Å². The van der Waals surface area contributed by atoms with Crippen molar-refractivity contribution in [1.29, 1.82) is 0 Å². The molecule has 2 saturated heterocycles. The Morgan fingerprint density at radius 3 is 2.04 bits per heavy atom. The number of carbonyl (C=O) groups excluding carboxylic acids is 1. The molecule has 1 aromatic carbocycles. The predicted octanol–water partition coefficient (Wildman–Crippen LogP) is 3.56. The van der Waals surface area contributed by atoms with Crippen LogP contribution in [0.15, 0.2) is 18.2 Å². The van der Waals surface area contributed by atoms with E-state index in [0.29, 0.717) is 5.41 Å². The van der Waals surface area contributed by atoms with Crippen LogP contribution in [0.1, 0.15) is 70.3 Å². The van der Waals surface area contributed by atoms with Crippen molar-refractivity contribution >= 4 is 18.5 Å². The first kappa shape index (κ1) is 19.4. The summed E-state index contributed by atoms with van der Waals surface area (Å²) in [6.07, 6.45) is 2.12. The summed E-state index contributed by atoms with van der Waals surface area (Å²) in [4.78, 5) is 14.9. The average Bonchev–Trinajstić information content (AvgIpc) is 2.75. The Kier molecular flexibility index (Phi) is 4.77. The van der Waals surface area contributed by atoms with E-state index in [1.807, 2.05) is 30.0 Å². The van der Waals surface area contributed by atoms with Crippen molar-refractivity contribution < 1.29 is 14.1 Å². The van der Waals surface area contributed by atoms with Gasteiger partial charge >= 0.3 is 7.12 Å². The molecule has 0 aromatic heterocycles. The largest absolute Gasteiger partial charge is 0.494 e. The van der Waals surface area contributed by atoms with Gasteiger partial charge in [-0.25, -0.2) is 0 Å². The molecule has 0 N–H and O–H groups in total. The summed E-state index contributed by atoms with van der Waals surface area (Å²) in [5.74, 6) is 0.137. The highest BCUT2D eigenvalue weighted by Gasteiger charge is 2.51. The van der Waals surface area contributed by atoms with E-state index in [9.17, 15) is 4.79 Å². The van der Waals surface area contributed by atoms with Gasteiger partial charge in [-0.3, -0.25) is 4.79 Å². The molecular weight excluding hydrogens is 325 g/mol. The number of aryl methyl sites for hydroxylation is 1. The van der Waals surface area contributed by atoms with Crippen molar-refractivity contribution in [3.05, 3.63) is 29.3 Å². The molecule has 5 heteroatoms. The third-order valence-corrected chi connectivity index (χ3v) is 6.41. The predicted molar refractivity (Wildman–Crippen MR) is 106 cm³/mol. The molecule has 2 heterocycles. The molecule has 26 heavy (non-hydrogen) atoms. The summed E-state index contributed by atoms with van der Waals surface area (Å²) in [6.45, 7) is 16.4. The van der Waals surface area contributed by atoms with Crippen molar-refractivity contribution in [2.24, 2.45) is 5.41 Å². The number of hydrogen-bond acceptors (Lipinski definition) is 3. The van der Waals surface area contributed by atoms with Gasteiger partial charge in [-0.2, -0.15) is 0 Å². The molecule has 2 aliphatic heterocycles. The van der Waals surface area contributed by atoms with Crippen molar-refractivity contribution in [2.75, 3.05) is 13.1 Å². The van der Waals surface area contributed by atoms with Crippen LogP contribution in [-0.4, -0.2) is 42.2 Å². The summed E-state index contributed by atoms with van der Waals surface area (Å²) in [5, 5.41) is 0. The number of benzene rings is 1. The highest BCUT2D eigenvalue weighted by Crippen LogP contribution is 2.36. The molecule has 0 radical (unpaired) electrons. The van der Waals surface area contributed by atoms with Gasteiger partial charge in [0, 0.05) is 18.7 Å². The van der Waals surface area contributed by atoms with Crippen LogP contribution in [0.3, 0.4) is 0 Å². The lowest BCUT2D eigenvalue weighted by molar-refractivity contribution is 0.00578. The lowest BCUT2D eigenvalue weighted by atomic mass is 9.77. The molecule has 0 unspecified atom stereocenters. The van der Waals surface area contributed by atoms with E-state index >= 15 is 0 Å². The van der Waals surface area contributed by atoms with Crippen molar-refractivity contribution in [2.45, 2.75) is 72.5 Å². The number of carbonyl (C=O) groups is 1.